The van der Waals surface area contributed by atoms with Crippen LogP contribution in [0.3, 0.4) is 0 Å². The highest BCUT2D eigenvalue weighted by atomic mass is 127. The van der Waals surface area contributed by atoms with Crippen molar-refractivity contribution >= 4 is 116 Å². The van der Waals surface area contributed by atoms with Gasteiger partial charge in [0.15, 0.2) is 0 Å². The Balaban J connectivity index is 5.00. The van der Waals surface area contributed by atoms with Crippen LogP contribution in [0.1, 0.15) is 0 Å². The number of hydrogen-bond acceptors (Lipinski definition) is 1. The molecule has 0 spiro atoms. The zero-order valence-corrected chi connectivity index (χ0v) is 10.5. The molecule has 0 aliphatic heterocycles. The third-order valence-corrected chi connectivity index (χ3v) is 2.88. The van der Waals surface area contributed by atoms with E-state index < -0.39 is 38.6 Å². The van der Waals surface area contributed by atoms with Crippen molar-refractivity contribution in [3.63, 3.8) is 0 Å². The second-order valence-electron chi connectivity index (χ2n) is 3.47. The average Bonchev–Trinajstić information content (AvgIpc) is 2.10. The zero-order valence-electron chi connectivity index (χ0n) is 9.33. The van der Waals surface area contributed by atoms with Gasteiger partial charge in [-0.05, 0) is 21.9 Å². The Bertz CT molecular complexity index is 184. The lowest BCUT2D eigenvalue weighted by Crippen LogP contribution is -2.73. The van der Waals surface area contributed by atoms with Gasteiger partial charge < -0.3 is 11.2 Å². The van der Waals surface area contributed by atoms with Crippen LogP contribution in [-0.2, 0) is 0 Å². The molecule has 0 rings (SSSR count). The van der Waals surface area contributed by atoms with Gasteiger partial charge in [-0.15, -0.1) is 0 Å². The Hall–Kier alpha value is 1.53. The van der Waals surface area contributed by atoms with Crippen molar-refractivity contribution in [2.75, 3.05) is 0 Å². The van der Waals surface area contributed by atoms with Crippen LogP contribution in [-0.4, -0.2) is 92.7 Å². The van der Waals surface area contributed by atoms with Crippen LogP contribution in [0.4, 0.5) is 0 Å². The lowest BCUT2D eigenvalue weighted by Gasteiger charge is -2.37. The monoisotopic (exact) mass is 287 g/mol. The molecule has 0 unspecified atom stereocenters. The fraction of sp³-hybridized carbons (Fsp3) is 0. The van der Waals surface area contributed by atoms with Crippen LogP contribution in [0.2, 0.25) is 1.41 Å². The van der Waals surface area contributed by atoms with Crippen LogP contribution in [0.15, 0.2) is 0 Å². The smallest absolute Gasteiger partial charge is 0.126 e. The second kappa shape index (κ2) is 7.78. The van der Waals surface area contributed by atoms with E-state index in [9.17, 15) is 0 Å². The van der Waals surface area contributed by atoms with Crippen molar-refractivity contribution in [2.45, 2.75) is 0 Å². The first-order valence-corrected chi connectivity index (χ1v) is 5.39. The molecule has 0 fully saturated rings. The molecule has 0 atom stereocenters. The summed E-state index contributed by atoms with van der Waals surface area (Å²) < 4.78 is 8.64. The van der Waals surface area contributed by atoms with Gasteiger partial charge in [-0.3, -0.25) is 0 Å². The topological polar surface area (TPSA) is 12.0 Å². The summed E-state index contributed by atoms with van der Waals surface area (Å²) in [6.07, 6.45) is -3.72. The average molecular weight is 284 g/mol. The molecule has 0 amide bonds. The van der Waals surface area contributed by atoms with Gasteiger partial charge in [0, 0.05) is 73.0 Å². The Labute approximate surface area is 120 Å². The first kappa shape index (κ1) is 14.6. The summed E-state index contributed by atoms with van der Waals surface area (Å²) in [4.78, 5) is 0. The van der Waals surface area contributed by atoms with E-state index in [-0.39, 0.29) is 0 Å². The fourth-order valence-electron chi connectivity index (χ4n) is 1.33. The molecule has 15 heteroatoms. The molecule has 0 bridgehead atoms. The van der Waals surface area contributed by atoms with Crippen molar-refractivity contribution < 1.29 is 1.41 Å². The second-order valence-corrected chi connectivity index (χ2v) is 4.03. The van der Waals surface area contributed by atoms with Gasteiger partial charge in [-0.25, -0.2) is 6.39 Å². The summed E-state index contributed by atoms with van der Waals surface area (Å²) in [5.74, 6) is 0. The van der Waals surface area contributed by atoms with Crippen LogP contribution in [0, 0.1) is 0 Å². The van der Waals surface area contributed by atoms with E-state index in [2.05, 4.69) is 0 Å². The largest absolute Gasteiger partial charge is 0.687 e. The lowest BCUT2D eigenvalue weighted by atomic mass is 8.54. The van der Waals surface area contributed by atoms with E-state index in [0.29, 0.717) is 0 Å². The molecule has 0 aromatic rings. The maximum absolute atomic E-state index is 7.58. The minimum Gasteiger partial charge on any atom is -0.687 e. The quantitative estimate of drug-likeness (QED) is 0.294. The van der Waals surface area contributed by atoms with E-state index in [1.165, 1.54) is 0 Å². The van der Waals surface area contributed by atoms with Gasteiger partial charge in [0.05, 0.1) is 0 Å². The van der Waals surface area contributed by atoms with E-state index in [1.807, 2.05) is 0 Å². The Kier molecular flexibility index (Phi) is 7.57. The van der Waals surface area contributed by atoms with E-state index in [0.717, 1.165) is 3.43 Å². The van der Waals surface area contributed by atoms with Crippen LogP contribution < -0.4 is 3.43 Å². The Morgan fingerprint density at radius 2 is 1.47 bits per heavy atom. The van der Waals surface area contributed by atoms with E-state index in [4.69, 9.17) is 55.6 Å². The van der Waals surface area contributed by atoms with Crippen LogP contribution >= 0.6 is 22.9 Å². The number of rotatable bonds is 6. The summed E-state index contributed by atoms with van der Waals surface area (Å²) in [5.41, 5.74) is 0. The van der Waals surface area contributed by atoms with E-state index in [1.54, 1.807) is 22.9 Å². The standard InChI is InChI=1S/B13HIN/c1-8(2)11(7)13(15-14)12(9(3)4)10(5)6/h15H/q-1/i/hT. The molecule has 0 saturated heterocycles. The fourth-order valence-corrected chi connectivity index (χ4v) is 2.07. The number of halogens is 1. The van der Waals surface area contributed by atoms with Gasteiger partial charge in [-0.1, -0.05) is 0 Å². The highest BCUT2D eigenvalue weighted by molar-refractivity contribution is 14.1. The minimum atomic E-state index is -0.812. The summed E-state index contributed by atoms with van der Waals surface area (Å²) in [6.45, 7) is -0.624. The molecule has 1 N–H and O–H groups in total. The molecular formula is HB13IN-. The van der Waals surface area contributed by atoms with Gasteiger partial charge >= 0.3 is 0 Å². The molecule has 1 nitrogen and oxygen atoms in total. The third-order valence-electron chi connectivity index (χ3n) is 2.23. The third kappa shape index (κ3) is 5.14. The maximum atomic E-state index is 7.58. The molecule has 53 valence electrons. The van der Waals surface area contributed by atoms with Crippen molar-refractivity contribution in [2.24, 2.45) is 0 Å². The van der Waals surface area contributed by atoms with Crippen molar-refractivity contribution in [1.29, 1.82) is 0 Å². The summed E-state index contributed by atoms with van der Waals surface area (Å²) in [5, 5.41) is 0. The highest BCUT2D eigenvalue weighted by Crippen LogP contribution is 1.98. The van der Waals surface area contributed by atoms with Crippen molar-refractivity contribution in [1.82, 2.24) is 3.43 Å². The van der Waals surface area contributed by atoms with Crippen molar-refractivity contribution in [3.8, 4) is 0 Å². The molecule has 0 aliphatic carbocycles. The number of nitrogens with one attached hydrogen (secondary N) is 1. The molecule has 0 saturated carbocycles. The summed E-state index contributed by atoms with van der Waals surface area (Å²) in [7, 11) is 39.1. The first-order valence-electron chi connectivity index (χ1n) is 4.87. The van der Waals surface area contributed by atoms with Gasteiger partial charge in [0.2, 0.25) is 0 Å². The molecule has 0 aliphatic rings. The SMILES string of the molecule is [3H]N(I)B(B([B])B([B])[B-])B(B([B])[B])B([B])[B]. The zero-order chi connectivity index (χ0) is 13.0. The van der Waals surface area contributed by atoms with Crippen LogP contribution in [0.5, 0.6) is 0 Å². The summed E-state index contributed by atoms with van der Waals surface area (Å²) in [6, 6.07) is 0. The van der Waals surface area contributed by atoms with Gasteiger partial charge in [-0.2, -0.15) is 0 Å². The summed E-state index contributed by atoms with van der Waals surface area (Å²) >= 11 is 1.72. The lowest BCUT2D eigenvalue weighted by molar-refractivity contribution is 1.79. The first-order chi connectivity index (χ1) is 7.20. The normalized spacial score (nSPS) is 10.5. The highest BCUT2D eigenvalue weighted by Gasteiger charge is 2.35. The molecule has 0 heterocycles. The predicted octanol–water partition coefficient (Wildman–Crippen LogP) is -4.56. The maximum Gasteiger partial charge on any atom is 0.126 e. The van der Waals surface area contributed by atoms with Crippen molar-refractivity contribution in [3.05, 3.63) is 0 Å². The van der Waals surface area contributed by atoms with Crippen LogP contribution in [0.25, 0.3) is 0 Å². The van der Waals surface area contributed by atoms with Gasteiger partial charge in [0.25, 0.3) is 0 Å². The van der Waals surface area contributed by atoms with E-state index >= 15 is 0 Å². The van der Waals surface area contributed by atoms with Gasteiger partial charge in [0.1, 0.15) is 8.04 Å². The molecular weight excluding hydrogens is 281 g/mol. The molecule has 0 aromatic heterocycles. The minimum absolute atomic E-state index is 0.584. The molecule has 0 aromatic carbocycles. The predicted molar refractivity (Wildman–Crippen MR) is 92.0 cm³/mol. The Morgan fingerprint density at radius 3 is 1.67 bits per heavy atom. The molecule has 15 radical (unpaired) electrons. The number of hydrogen-bond donors (Lipinski definition) is 1. The Morgan fingerprint density at radius 1 is 1.07 bits per heavy atom. The molecule has 15 heavy (non-hydrogen) atoms.